The van der Waals surface area contributed by atoms with E-state index >= 15 is 0 Å². The van der Waals surface area contributed by atoms with Gasteiger partial charge in [0, 0.05) is 18.1 Å². The van der Waals surface area contributed by atoms with Crippen LogP contribution in [0.3, 0.4) is 0 Å². The molecular formula is C21H29NO4S. The third kappa shape index (κ3) is 5.97. The molecule has 148 valence electrons. The van der Waals surface area contributed by atoms with Gasteiger partial charge in [-0.15, -0.1) is 11.3 Å². The Bertz CT molecular complexity index is 711. The van der Waals surface area contributed by atoms with Gasteiger partial charge in [0.1, 0.15) is 4.88 Å². The standard InChI is InChI=1S/C21H29NO4S/c1-21(2,3)10-8-17-12-18(19(27-17)20(23)24)22-14-4-6-15(7-5-14)26-16-9-11-25-13-16/h12,14-16,22H,4-7,9,11,13H2,1-3H3,(H,23,24)/t14?,15?,16-/m0/s1. The van der Waals surface area contributed by atoms with Crippen LogP contribution in [0.25, 0.3) is 0 Å². The molecule has 2 N–H and O–H groups in total. The van der Waals surface area contributed by atoms with E-state index in [1.54, 1.807) is 0 Å². The van der Waals surface area contributed by atoms with Crippen LogP contribution in [0.4, 0.5) is 5.69 Å². The fourth-order valence-corrected chi connectivity index (χ4v) is 4.24. The normalized spacial score (nSPS) is 25.7. The molecule has 2 heterocycles. The predicted molar refractivity (Wildman–Crippen MR) is 108 cm³/mol. The smallest absolute Gasteiger partial charge is 0.348 e. The van der Waals surface area contributed by atoms with E-state index in [1.165, 1.54) is 11.3 Å². The van der Waals surface area contributed by atoms with Crippen LogP contribution in [0, 0.1) is 17.3 Å². The molecule has 1 saturated heterocycles. The molecule has 0 aromatic carbocycles. The maximum Gasteiger partial charge on any atom is 0.348 e. The summed E-state index contributed by atoms with van der Waals surface area (Å²) in [4.78, 5) is 12.8. The second-order valence-electron chi connectivity index (χ2n) is 8.40. The van der Waals surface area contributed by atoms with Gasteiger partial charge in [-0.3, -0.25) is 0 Å². The van der Waals surface area contributed by atoms with Crippen molar-refractivity contribution in [2.75, 3.05) is 18.5 Å². The van der Waals surface area contributed by atoms with Crippen molar-refractivity contribution < 1.29 is 19.4 Å². The minimum atomic E-state index is -0.899. The lowest BCUT2D eigenvalue weighted by Gasteiger charge is -2.31. The van der Waals surface area contributed by atoms with Gasteiger partial charge in [-0.25, -0.2) is 4.79 Å². The van der Waals surface area contributed by atoms with E-state index in [1.807, 2.05) is 26.8 Å². The van der Waals surface area contributed by atoms with Crippen molar-refractivity contribution in [3.8, 4) is 11.8 Å². The monoisotopic (exact) mass is 391 g/mol. The number of hydrogen-bond acceptors (Lipinski definition) is 5. The van der Waals surface area contributed by atoms with Gasteiger partial charge in [-0.05, 0) is 58.9 Å². The van der Waals surface area contributed by atoms with Gasteiger partial charge >= 0.3 is 5.97 Å². The zero-order chi connectivity index (χ0) is 19.4. The van der Waals surface area contributed by atoms with E-state index in [-0.39, 0.29) is 17.6 Å². The lowest BCUT2D eigenvalue weighted by Crippen LogP contribution is -2.32. The van der Waals surface area contributed by atoms with E-state index in [2.05, 4.69) is 17.2 Å². The summed E-state index contributed by atoms with van der Waals surface area (Å²) in [5.41, 5.74) is 0.586. The molecule has 1 saturated carbocycles. The van der Waals surface area contributed by atoms with Crippen molar-refractivity contribution in [1.82, 2.24) is 0 Å². The average molecular weight is 392 g/mol. The van der Waals surface area contributed by atoms with Gasteiger partial charge in [0.15, 0.2) is 0 Å². The number of hydrogen-bond donors (Lipinski definition) is 2. The first-order valence-corrected chi connectivity index (χ1v) is 10.5. The molecule has 1 aromatic rings. The summed E-state index contributed by atoms with van der Waals surface area (Å²) in [6.07, 6.45) is 5.50. The van der Waals surface area contributed by atoms with Gasteiger partial charge in [-0.2, -0.15) is 0 Å². The highest BCUT2D eigenvalue weighted by Gasteiger charge is 2.27. The number of thiophene rings is 1. The van der Waals surface area contributed by atoms with Crippen LogP contribution in [0.5, 0.6) is 0 Å². The third-order valence-corrected chi connectivity index (χ3v) is 5.83. The lowest BCUT2D eigenvalue weighted by atomic mass is 9.92. The minimum Gasteiger partial charge on any atom is -0.477 e. The van der Waals surface area contributed by atoms with Gasteiger partial charge in [0.2, 0.25) is 0 Å². The number of carbonyl (C=O) groups is 1. The second kappa shape index (κ2) is 8.64. The van der Waals surface area contributed by atoms with Gasteiger partial charge in [0.25, 0.3) is 0 Å². The molecule has 5 nitrogen and oxygen atoms in total. The molecule has 27 heavy (non-hydrogen) atoms. The van der Waals surface area contributed by atoms with Crippen molar-refractivity contribution in [3.05, 3.63) is 15.8 Å². The Morgan fingerprint density at radius 1 is 1.26 bits per heavy atom. The molecular weight excluding hydrogens is 362 g/mol. The number of ether oxygens (including phenoxy) is 2. The molecule has 0 spiro atoms. The molecule has 0 amide bonds. The molecule has 1 aliphatic heterocycles. The Morgan fingerprint density at radius 2 is 2.00 bits per heavy atom. The van der Waals surface area contributed by atoms with Crippen molar-refractivity contribution in [2.24, 2.45) is 5.41 Å². The van der Waals surface area contributed by atoms with Crippen LogP contribution in [-0.4, -0.2) is 42.5 Å². The number of nitrogens with one attached hydrogen (secondary N) is 1. The van der Waals surface area contributed by atoms with Gasteiger partial charge in [0.05, 0.1) is 29.4 Å². The Balaban J connectivity index is 1.59. The molecule has 0 bridgehead atoms. The van der Waals surface area contributed by atoms with Crippen LogP contribution < -0.4 is 5.32 Å². The Labute approximate surface area is 165 Å². The van der Waals surface area contributed by atoms with Gasteiger partial charge in [-0.1, -0.05) is 11.8 Å². The van der Waals surface area contributed by atoms with Crippen LogP contribution in [0.1, 0.15) is 67.4 Å². The predicted octanol–water partition coefficient (Wildman–Crippen LogP) is 4.37. The summed E-state index contributed by atoms with van der Waals surface area (Å²) < 4.78 is 11.5. The number of anilines is 1. The van der Waals surface area contributed by atoms with E-state index in [9.17, 15) is 9.90 Å². The fourth-order valence-electron chi connectivity index (χ4n) is 3.42. The van der Waals surface area contributed by atoms with Crippen molar-refractivity contribution >= 4 is 23.0 Å². The summed E-state index contributed by atoms with van der Waals surface area (Å²) in [5, 5.41) is 13.0. The highest BCUT2D eigenvalue weighted by Crippen LogP contribution is 2.31. The largest absolute Gasteiger partial charge is 0.477 e. The molecule has 0 radical (unpaired) electrons. The van der Waals surface area contributed by atoms with E-state index in [4.69, 9.17) is 9.47 Å². The first-order valence-electron chi connectivity index (χ1n) is 9.70. The van der Waals surface area contributed by atoms with Crippen LogP contribution in [0.15, 0.2) is 6.07 Å². The lowest BCUT2D eigenvalue weighted by molar-refractivity contribution is -0.0331. The number of carboxylic acid groups (broad SMARTS) is 1. The Kier molecular flexibility index (Phi) is 6.46. The van der Waals surface area contributed by atoms with E-state index in [0.717, 1.165) is 43.6 Å². The highest BCUT2D eigenvalue weighted by atomic mass is 32.1. The van der Waals surface area contributed by atoms with Crippen molar-refractivity contribution in [3.63, 3.8) is 0 Å². The molecule has 2 aliphatic rings. The number of aromatic carboxylic acids is 1. The number of carboxylic acids is 1. The summed E-state index contributed by atoms with van der Waals surface area (Å²) >= 11 is 1.24. The minimum absolute atomic E-state index is 0.107. The Morgan fingerprint density at radius 3 is 2.59 bits per heavy atom. The second-order valence-corrected chi connectivity index (χ2v) is 9.45. The van der Waals surface area contributed by atoms with Gasteiger partial charge < -0.3 is 19.9 Å². The summed E-state index contributed by atoms with van der Waals surface area (Å²) in [6.45, 7) is 7.65. The van der Waals surface area contributed by atoms with Crippen LogP contribution in [-0.2, 0) is 9.47 Å². The molecule has 3 rings (SSSR count). The fraction of sp³-hybridized carbons (Fsp3) is 0.667. The highest BCUT2D eigenvalue weighted by molar-refractivity contribution is 7.15. The quantitative estimate of drug-likeness (QED) is 0.730. The topological polar surface area (TPSA) is 67.8 Å². The molecule has 1 atom stereocenters. The summed E-state index contributed by atoms with van der Waals surface area (Å²) in [7, 11) is 0. The average Bonchev–Trinajstić information content (AvgIpc) is 3.24. The SMILES string of the molecule is CC(C)(C)C#Cc1cc(NC2CCC(O[C@H]3CCOC3)CC2)c(C(=O)O)s1. The molecule has 0 unspecified atom stereocenters. The van der Waals surface area contributed by atoms with Crippen molar-refractivity contribution in [2.45, 2.75) is 71.1 Å². The molecule has 6 heteroatoms. The van der Waals surface area contributed by atoms with Crippen molar-refractivity contribution in [1.29, 1.82) is 0 Å². The zero-order valence-electron chi connectivity index (χ0n) is 16.3. The van der Waals surface area contributed by atoms with E-state index in [0.29, 0.717) is 23.3 Å². The first kappa shape index (κ1) is 20.2. The molecule has 1 aromatic heterocycles. The zero-order valence-corrected chi connectivity index (χ0v) is 17.2. The molecule has 1 aliphatic carbocycles. The number of rotatable bonds is 5. The third-order valence-electron chi connectivity index (χ3n) is 4.79. The first-order chi connectivity index (χ1) is 12.8. The molecule has 2 fully saturated rings. The summed E-state index contributed by atoms with van der Waals surface area (Å²) in [6, 6.07) is 2.16. The van der Waals surface area contributed by atoms with Crippen LogP contribution >= 0.6 is 11.3 Å². The Hall–Kier alpha value is -1.55. The van der Waals surface area contributed by atoms with E-state index < -0.39 is 5.97 Å². The summed E-state index contributed by atoms with van der Waals surface area (Å²) in [5.74, 6) is 5.39. The maximum atomic E-state index is 11.6. The van der Waals surface area contributed by atoms with Crippen LogP contribution in [0.2, 0.25) is 0 Å². The maximum absolute atomic E-state index is 11.6.